The summed E-state index contributed by atoms with van der Waals surface area (Å²) in [4.78, 5) is 8.60. The SMILES string of the molecule is CCOCc1nc(Cl)cc(NC2CCOC(C)(C)C2)n1. The molecule has 1 aliphatic rings. The van der Waals surface area contributed by atoms with Crippen molar-refractivity contribution in [3.8, 4) is 0 Å². The molecule has 1 aromatic heterocycles. The lowest BCUT2D eigenvalue weighted by Gasteiger charge is -2.36. The van der Waals surface area contributed by atoms with Crippen LogP contribution in [0.2, 0.25) is 5.15 Å². The lowest BCUT2D eigenvalue weighted by atomic mass is 9.94. The van der Waals surface area contributed by atoms with Crippen LogP contribution in [0.1, 0.15) is 39.4 Å². The number of anilines is 1. The van der Waals surface area contributed by atoms with Gasteiger partial charge in [0.15, 0.2) is 5.82 Å². The maximum absolute atomic E-state index is 6.03. The molecule has 2 rings (SSSR count). The van der Waals surface area contributed by atoms with E-state index in [4.69, 9.17) is 21.1 Å². The van der Waals surface area contributed by atoms with E-state index in [1.807, 2.05) is 6.92 Å². The third kappa shape index (κ3) is 4.58. The summed E-state index contributed by atoms with van der Waals surface area (Å²) in [5.74, 6) is 1.36. The first-order valence-electron chi connectivity index (χ1n) is 7.00. The van der Waals surface area contributed by atoms with Crippen LogP contribution in [0.25, 0.3) is 0 Å². The highest BCUT2D eigenvalue weighted by atomic mass is 35.5. The summed E-state index contributed by atoms with van der Waals surface area (Å²) >= 11 is 6.03. The number of rotatable bonds is 5. The van der Waals surface area contributed by atoms with Gasteiger partial charge in [0.05, 0.1) is 5.60 Å². The second kappa shape index (κ2) is 6.70. The van der Waals surface area contributed by atoms with Gasteiger partial charge in [-0.25, -0.2) is 9.97 Å². The maximum Gasteiger partial charge on any atom is 0.158 e. The molecule has 1 unspecified atom stereocenters. The predicted molar refractivity (Wildman–Crippen MR) is 79.0 cm³/mol. The molecule has 0 aliphatic carbocycles. The Kier molecular flexibility index (Phi) is 5.18. The molecule has 0 bridgehead atoms. The first-order chi connectivity index (χ1) is 9.48. The van der Waals surface area contributed by atoms with E-state index in [-0.39, 0.29) is 5.60 Å². The Balaban J connectivity index is 2.03. The Labute approximate surface area is 125 Å². The molecule has 0 aromatic carbocycles. The summed E-state index contributed by atoms with van der Waals surface area (Å²) in [6, 6.07) is 2.09. The molecule has 1 aromatic rings. The second-order valence-corrected chi connectivity index (χ2v) is 5.96. The van der Waals surface area contributed by atoms with Gasteiger partial charge in [-0.3, -0.25) is 0 Å². The summed E-state index contributed by atoms with van der Waals surface area (Å²) < 4.78 is 11.0. The van der Waals surface area contributed by atoms with Crippen molar-refractivity contribution < 1.29 is 9.47 Å². The number of ether oxygens (including phenoxy) is 2. The predicted octanol–water partition coefficient (Wildman–Crippen LogP) is 3.04. The van der Waals surface area contributed by atoms with Crippen LogP contribution < -0.4 is 5.32 Å². The van der Waals surface area contributed by atoms with Crippen LogP contribution in [-0.4, -0.2) is 34.8 Å². The molecule has 0 spiro atoms. The average Bonchev–Trinajstić information content (AvgIpc) is 2.34. The lowest BCUT2D eigenvalue weighted by molar-refractivity contribution is -0.0553. The standard InChI is InChI=1S/C14H22ClN3O2/c1-4-19-9-13-17-11(15)7-12(18-13)16-10-5-6-20-14(2,3)8-10/h7,10H,4-6,8-9H2,1-3H3,(H,16,17,18). The Morgan fingerprint density at radius 1 is 1.50 bits per heavy atom. The Bertz CT molecular complexity index is 454. The highest BCUT2D eigenvalue weighted by molar-refractivity contribution is 6.29. The minimum absolute atomic E-state index is 0.0963. The molecule has 1 atom stereocenters. The third-order valence-corrected chi connectivity index (χ3v) is 3.42. The molecule has 1 saturated heterocycles. The molecule has 0 amide bonds. The van der Waals surface area contributed by atoms with E-state index in [2.05, 4.69) is 29.1 Å². The molecule has 112 valence electrons. The van der Waals surface area contributed by atoms with Crippen molar-refractivity contribution in [2.24, 2.45) is 0 Å². The van der Waals surface area contributed by atoms with Crippen molar-refractivity contribution in [1.29, 1.82) is 0 Å². The maximum atomic E-state index is 6.03. The summed E-state index contributed by atoms with van der Waals surface area (Å²) in [5.41, 5.74) is -0.0963. The molecule has 5 nitrogen and oxygen atoms in total. The van der Waals surface area contributed by atoms with Crippen molar-refractivity contribution in [3.05, 3.63) is 17.0 Å². The summed E-state index contributed by atoms with van der Waals surface area (Å²) in [5, 5.41) is 3.86. The summed E-state index contributed by atoms with van der Waals surface area (Å²) in [7, 11) is 0. The molecule has 0 radical (unpaired) electrons. The zero-order chi connectivity index (χ0) is 14.6. The van der Waals surface area contributed by atoms with E-state index in [0.29, 0.717) is 30.2 Å². The minimum atomic E-state index is -0.0963. The fraction of sp³-hybridized carbons (Fsp3) is 0.714. The smallest absolute Gasteiger partial charge is 0.158 e. The monoisotopic (exact) mass is 299 g/mol. The van der Waals surface area contributed by atoms with E-state index in [1.165, 1.54) is 0 Å². The first kappa shape index (κ1) is 15.5. The van der Waals surface area contributed by atoms with Gasteiger partial charge in [-0.1, -0.05) is 11.6 Å². The number of nitrogens with one attached hydrogen (secondary N) is 1. The molecule has 1 N–H and O–H groups in total. The average molecular weight is 300 g/mol. The van der Waals surface area contributed by atoms with Crippen LogP contribution in [0.15, 0.2) is 6.07 Å². The molecular weight excluding hydrogens is 278 g/mol. The quantitative estimate of drug-likeness (QED) is 0.847. The third-order valence-electron chi connectivity index (χ3n) is 3.23. The highest BCUT2D eigenvalue weighted by Crippen LogP contribution is 2.26. The minimum Gasteiger partial charge on any atom is -0.375 e. The largest absolute Gasteiger partial charge is 0.375 e. The molecule has 20 heavy (non-hydrogen) atoms. The number of hydrogen-bond donors (Lipinski definition) is 1. The van der Waals surface area contributed by atoms with Gasteiger partial charge >= 0.3 is 0 Å². The van der Waals surface area contributed by atoms with Gasteiger partial charge in [-0.05, 0) is 33.6 Å². The lowest BCUT2D eigenvalue weighted by Crippen LogP contribution is -2.40. The van der Waals surface area contributed by atoms with Crippen LogP contribution in [-0.2, 0) is 16.1 Å². The Morgan fingerprint density at radius 3 is 3.00 bits per heavy atom. The van der Waals surface area contributed by atoms with Crippen molar-refractivity contribution in [3.63, 3.8) is 0 Å². The van der Waals surface area contributed by atoms with Gasteiger partial charge in [-0.2, -0.15) is 0 Å². The van der Waals surface area contributed by atoms with E-state index in [1.54, 1.807) is 6.07 Å². The van der Waals surface area contributed by atoms with Gasteiger partial charge in [0.25, 0.3) is 0 Å². The number of halogens is 1. The van der Waals surface area contributed by atoms with Crippen molar-refractivity contribution in [2.75, 3.05) is 18.5 Å². The highest BCUT2D eigenvalue weighted by Gasteiger charge is 2.28. The second-order valence-electron chi connectivity index (χ2n) is 5.57. The summed E-state index contributed by atoms with van der Waals surface area (Å²) in [6.45, 7) is 7.92. The fourth-order valence-electron chi connectivity index (χ4n) is 2.36. The van der Waals surface area contributed by atoms with Gasteiger partial charge in [0, 0.05) is 25.3 Å². The first-order valence-corrected chi connectivity index (χ1v) is 7.38. The topological polar surface area (TPSA) is 56.3 Å². The van der Waals surface area contributed by atoms with Gasteiger partial charge in [-0.15, -0.1) is 0 Å². The van der Waals surface area contributed by atoms with E-state index in [9.17, 15) is 0 Å². The molecule has 2 heterocycles. The molecule has 1 fully saturated rings. The van der Waals surface area contributed by atoms with Gasteiger partial charge in [0.1, 0.15) is 17.6 Å². The fourth-order valence-corrected chi connectivity index (χ4v) is 2.56. The van der Waals surface area contributed by atoms with Crippen LogP contribution in [0.5, 0.6) is 0 Å². The van der Waals surface area contributed by atoms with Crippen LogP contribution >= 0.6 is 11.6 Å². The van der Waals surface area contributed by atoms with Crippen molar-refractivity contribution in [2.45, 2.75) is 51.9 Å². The van der Waals surface area contributed by atoms with E-state index >= 15 is 0 Å². The summed E-state index contributed by atoms with van der Waals surface area (Å²) in [6.07, 6.45) is 1.90. The van der Waals surface area contributed by atoms with E-state index < -0.39 is 0 Å². The van der Waals surface area contributed by atoms with E-state index in [0.717, 1.165) is 25.3 Å². The van der Waals surface area contributed by atoms with Crippen molar-refractivity contribution in [1.82, 2.24) is 9.97 Å². The van der Waals surface area contributed by atoms with Gasteiger partial charge < -0.3 is 14.8 Å². The number of nitrogens with zero attached hydrogens (tertiary/aromatic N) is 2. The zero-order valence-electron chi connectivity index (χ0n) is 12.3. The molecule has 0 saturated carbocycles. The van der Waals surface area contributed by atoms with Crippen molar-refractivity contribution >= 4 is 17.4 Å². The Hall–Kier alpha value is -0.910. The zero-order valence-corrected chi connectivity index (χ0v) is 13.0. The Morgan fingerprint density at radius 2 is 2.30 bits per heavy atom. The number of aromatic nitrogens is 2. The molecule has 6 heteroatoms. The normalized spacial score (nSPS) is 21.7. The molecule has 1 aliphatic heterocycles. The van der Waals surface area contributed by atoms with Crippen LogP contribution in [0, 0.1) is 0 Å². The van der Waals surface area contributed by atoms with Gasteiger partial charge in [0.2, 0.25) is 0 Å². The number of hydrogen-bond acceptors (Lipinski definition) is 5. The van der Waals surface area contributed by atoms with Crippen LogP contribution in [0.4, 0.5) is 5.82 Å². The molecular formula is C14H22ClN3O2. The van der Waals surface area contributed by atoms with Crippen LogP contribution in [0.3, 0.4) is 0 Å².